The normalized spacial score (nSPS) is 10.9. The number of benzene rings is 3. The largest absolute Gasteiger partial charge is 0.495 e. The Kier molecular flexibility index (Phi) is 10.6. The molecule has 0 aliphatic rings. The molecule has 11 heteroatoms. The summed E-state index contributed by atoms with van der Waals surface area (Å²) in [4.78, 5) is 43.4. The predicted octanol–water partition coefficient (Wildman–Crippen LogP) is 5.89. The molecule has 4 aromatic rings. The summed E-state index contributed by atoms with van der Waals surface area (Å²) >= 11 is 7.50. The van der Waals surface area contributed by atoms with Crippen molar-refractivity contribution in [3.63, 3.8) is 0 Å². The van der Waals surface area contributed by atoms with Crippen molar-refractivity contribution in [3.8, 4) is 11.5 Å². The number of rotatable bonds is 11. The third-order valence-corrected chi connectivity index (χ3v) is 7.06. The lowest BCUT2D eigenvalue weighted by atomic mass is 10.2. The van der Waals surface area contributed by atoms with Crippen molar-refractivity contribution in [3.05, 3.63) is 113 Å². The van der Waals surface area contributed by atoms with Gasteiger partial charge >= 0.3 is 0 Å². The summed E-state index contributed by atoms with van der Waals surface area (Å²) in [6.07, 6.45) is 4.76. The van der Waals surface area contributed by atoms with Crippen LogP contribution in [0.25, 0.3) is 6.08 Å². The quantitative estimate of drug-likeness (QED) is 0.145. The molecule has 3 aromatic carbocycles. The number of carbonyl (C=O) groups is 3. The van der Waals surface area contributed by atoms with Crippen LogP contribution in [0.2, 0.25) is 5.02 Å². The molecule has 3 amide bonds. The molecule has 0 saturated heterocycles. The number of hydrogen-bond acceptors (Lipinski definition) is 7. The Bertz CT molecular complexity index is 1580. The zero-order chi connectivity index (χ0) is 29.9. The van der Waals surface area contributed by atoms with Crippen molar-refractivity contribution in [2.75, 3.05) is 30.6 Å². The Hall–Kier alpha value is -4.80. The first-order valence-electron chi connectivity index (χ1n) is 12.6. The smallest absolute Gasteiger partial charge is 0.272 e. The minimum Gasteiger partial charge on any atom is -0.495 e. The lowest BCUT2D eigenvalue weighted by Gasteiger charge is -2.13. The van der Waals surface area contributed by atoms with Gasteiger partial charge in [-0.25, -0.2) is 0 Å². The molecule has 0 atom stereocenters. The highest BCUT2D eigenvalue weighted by molar-refractivity contribution is 8.00. The van der Waals surface area contributed by atoms with Gasteiger partial charge in [-0.2, -0.15) is 0 Å². The lowest BCUT2D eigenvalue weighted by molar-refractivity contribution is -0.114. The Morgan fingerprint density at radius 2 is 1.64 bits per heavy atom. The third kappa shape index (κ3) is 8.35. The first-order valence-corrected chi connectivity index (χ1v) is 14.0. The molecule has 214 valence electrons. The number of hydrogen-bond donors (Lipinski definition) is 3. The second kappa shape index (κ2) is 14.7. The first-order chi connectivity index (χ1) is 20.4. The van der Waals surface area contributed by atoms with Gasteiger partial charge in [0, 0.05) is 34.6 Å². The predicted molar refractivity (Wildman–Crippen MR) is 165 cm³/mol. The van der Waals surface area contributed by atoms with E-state index in [0.717, 1.165) is 4.90 Å². The Morgan fingerprint density at radius 1 is 0.905 bits per heavy atom. The van der Waals surface area contributed by atoms with E-state index in [-0.39, 0.29) is 17.4 Å². The van der Waals surface area contributed by atoms with Crippen LogP contribution in [-0.2, 0) is 9.59 Å². The van der Waals surface area contributed by atoms with Crippen LogP contribution in [0.1, 0.15) is 15.9 Å². The summed E-state index contributed by atoms with van der Waals surface area (Å²) in [7, 11) is 2.98. The van der Waals surface area contributed by atoms with Crippen molar-refractivity contribution in [1.29, 1.82) is 0 Å². The van der Waals surface area contributed by atoms with Gasteiger partial charge in [0.15, 0.2) is 0 Å². The number of halogens is 1. The van der Waals surface area contributed by atoms with Gasteiger partial charge in [-0.05, 0) is 60.2 Å². The fourth-order valence-electron chi connectivity index (χ4n) is 3.70. The van der Waals surface area contributed by atoms with Crippen molar-refractivity contribution in [2.45, 2.75) is 4.90 Å². The highest BCUT2D eigenvalue weighted by atomic mass is 35.5. The monoisotopic (exact) mass is 602 g/mol. The molecule has 0 saturated carbocycles. The summed E-state index contributed by atoms with van der Waals surface area (Å²) in [5.41, 5.74) is 2.07. The summed E-state index contributed by atoms with van der Waals surface area (Å²) in [6, 6.07) is 22.3. The second-order valence-electron chi connectivity index (χ2n) is 8.67. The van der Waals surface area contributed by atoms with E-state index in [2.05, 4.69) is 20.9 Å². The van der Waals surface area contributed by atoms with Gasteiger partial charge in [-0.15, -0.1) is 11.8 Å². The highest BCUT2D eigenvalue weighted by Gasteiger charge is 2.16. The average Bonchev–Trinajstić information content (AvgIpc) is 3.01. The zero-order valence-electron chi connectivity index (χ0n) is 22.7. The number of thioether (sulfide) groups is 1. The van der Waals surface area contributed by atoms with Gasteiger partial charge in [0.25, 0.3) is 11.8 Å². The van der Waals surface area contributed by atoms with Crippen LogP contribution >= 0.6 is 23.4 Å². The Labute approximate surface area is 252 Å². The van der Waals surface area contributed by atoms with Crippen molar-refractivity contribution in [1.82, 2.24) is 10.3 Å². The molecule has 0 bridgehead atoms. The number of aromatic nitrogens is 1. The average molecular weight is 603 g/mol. The number of pyridine rings is 1. The minimum absolute atomic E-state index is 0.0565. The number of methoxy groups -OCH3 is 2. The fourth-order valence-corrected chi connectivity index (χ4v) is 4.64. The van der Waals surface area contributed by atoms with Gasteiger partial charge in [-0.1, -0.05) is 35.9 Å². The van der Waals surface area contributed by atoms with E-state index in [1.54, 1.807) is 97.3 Å². The maximum absolute atomic E-state index is 13.2. The molecule has 4 rings (SSSR count). The molecule has 1 aromatic heterocycles. The molecule has 9 nitrogen and oxygen atoms in total. The van der Waals surface area contributed by atoms with Crippen LogP contribution in [0, 0.1) is 0 Å². The summed E-state index contributed by atoms with van der Waals surface area (Å²) < 4.78 is 10.5. The molecule has 0 fully saturated rings. The van der Waals surface area contributed by atoms with Crippen LogP contribution < -0.4 is 25.4 Å². The molecule has 0 radical (unpaired) electrons. The van der Waals surface area contributed by atoms with Crippen LogP contribution in [0.5, 0.6) is 11.5 Å². The molecule has 0 spiro atoms. The van der Waals surface area contributed by atoms with Crippen molar-refractivity contribution >= 4 is 58.5 Å². The molecular formula is C31H27ClN4O5S. The van der Waals surface area contributed by atoms with Gasteiger partial charge in [0.1, 0.15) is 17.2 Å². The van der Waals surface area contributed by atoms with Crippen molar-refractivity contribution < 1.29 is 23.9 Å². The molecule has 0 unspecified atom stereocenters. The van der Waals surface area contributed by atoms with Crippen molar-refractivity contribution in [2.24, 2.45) is 0 Å². The number of nitrogens with zero attached hydrogens (tertiary/aromatic N) is 1. The molecule has 0 aliphatic carbocycles. The topological polar surface area (TPSA) is 119 Å². The second-order valence-corrected chi connectivity index (χ2v) is 10.1. The van der Waals surface area contributed by atoms with E-state index >= 15 is 0 Å². The number of ether oxygens (including phenoxy) is 2. The lowest BCUT2D eigenvalue weighted by Crippen LogP contribution is -2.30. The Balaban J connectivity index is 1.38. The van der Waals surface area contributed by atoms with Gasteiger partial charge < -0.3 is 25.4 Å². The van der Waals surface area contributed by atoms with Crippen LogP contribution in [-0.4, -0.2) is 42.7 Å². The Morgan fingerprint density at radius 3 is 2.31 bits per heavy atom. The number of anilines is 2. The zero-order valence-corrected chi connectivity index (χ0v) is 24.3. The maximum Gasteiger partial charge on any atom is 0.272 e. The van der Waals surface area contributed by atoms with E-state index in [1.165, 1.54) is 26.0 Å². The molecular weight excluding hydrogens is 576 g/mol. The third-order valence-electron chi connectivity index (χ3n) is 5.75. The van der Waals surface area contributed by atoms with E-state index in [4.69, 9.17) is 21.1 Å². The minimum atomic E-state index is -0.505. The summed E-state index contributed by atoms with van der Waals surface area (Å²) in [5, 5.41) is 8.64. The van der Waals surface area contributed by atoms with E-state index < -0.39 is 11.8 Å². The number of amides is 3. The molecule has 42 heavy (non-hydrogen) atoms. The highest BCUT2D eigenvalue weighted by Crippen LogP contribution is 2.36. The fraction of sp³-hybridized carbons (Fsp3) is 0.0968. The van der Waals surface area contributed by atoms with Gasteiger partial charge in [0.2, 0.25) is 5.91 Å². The van der Waals surface area contributed by atoms with Crippen LogP contribution in [0.3, 0.4) is 0 Å². The summed E-state index contributed by atoms with van der Waals surface area (Å²) in [6.45, 7) is 0. The van der Waals surface area contributed by atoms with Gasteiger partial charge in [0.05, 0.1) is 30.7 Å². The standard InChI is InChI=1S/C31H27ClN4O5S/c1-40-27-17-28(41-2)25(16-24(27)32)35-29(37)19-42-23-12-10-22(11-13-23)34-31(39)26(15-20-7-6-14-33-18-20)36-30(38)21-8-4-3-5-9-21/h3-18H,19H2,1-2H3,(H,34,39)(H,35,37)(H,36,38)/b26-15-. The van der Waals surface area contributed by atoms with Crippen LogP contribution in [0.15, 0.2) is 102 Å². The van der Waals surface area contributed by atoms with E-state index in [1.807, 2.05) is 0 Å². The molecule has 0 aliphatic heterocycles. The maximum atomic E-state index is 13.2. The summed E-state index contributed by atoms with van der Waals surface area (Å²) in [5.74, 6) is -0.188. The van der Waals surface area contributed by atoms with Crippen LogP contribution in [0.4, 0.5) is 11.4 Å². The number of carbonyl (C=O) groups excluding carboxylic acids is 3. The van der Waals surface area contributed by atoms with E-state index in [0.29, 0.717) is 39.0 Å². The van der Waals surface area contributed by atoms with E-state index in [9.17, 15) is 14.4 Å². The molecule has 1 heterocycles. The SMILES string of the molecule is COc1cc(OC)c(NC(=O)CSc2ccc(NC(=O)/C(=C/c3cccnc3)NC(=O)c3ccccc3)cc2)cc1Cl. The molecule has 3 N–H and O–H groups in total. The first kappa shape index (κ1) is 30.2. The van der Waals surface area contributed by atoms with Gasteiger partial charge in [-0.3, -0.25) is 19.4 Å². The number of nitrogens with one attached hydrogen (secondary N) is 3.